The number of aromatic nitrogens is 1. The number of hydrogen-bond acceptors (Lipinski definition) is 3. The van der Waals surface area contributed by atoms with Gasteiger partial charge in [0.05, 0.1) is 0 Å². The molecule has 0 bridgehead atoms. The number of aryl methyl sites for hydroxylation is 1. The minimum Gasteiger partial charge on any atom is -0.350 e. The molecule has 0 aliphatic heterocycles. The SMILES string of the molecule is CN=C(SC)N(C)Cc1ccc(C)nc1. The molecule has 82 valence electrons. The van der Waals surface area contributed by atoms with Crippen LogP contribution in [0, 0.1) is 6.92 Å². The summed E-state index contributed by atoms with van der Waals surface area (Å²) in [6, 6.07) is 4.14. The number of hydrogen-bond donors (Lipinski definition) is 0. The van der Waals surface area contributed by atoms with Crippen LogP contribution in [-0.4, -0.2) is 35.4 Å². The molecule has 15 heavy (non-hydrogen) atoms. The van der Waals surface area contributed by atoms with Crippen LogP contribution in [-0.2, 0) is 6.54 Å². The van der Waals surface area contributed by atoms with Crippen LogP contribution < -0.4 is 0 Å². The van der Waals surface area contributed by atoms with Crippen LogP contribution in [0.25, 0.3) is 0 Å². The minimum absolute atomic E-state index is 0.848. The number of pyridine rings is 1. The lowest BCUT2D eigenvalue weighted by Gasteiger charge is -2.19. The fourth-order valence-electron chi connectivity index (χ4n) is 1.35. The summed E-state index contributed by atoms with van der Waals surface area (Å²) in [5, 5.41) is 1.04. The van der Waals surface area contributed by atoms with Gasteiger partial charge in [0.25, 0.3) is 0 Å². The molecule has 3 nitrogen and oxygen atoms in total. The zero-order chi connectivity index (χ0) is 11.3. The fraction of sp³-hybridized carbons (Fsp3) is 0.455. The number of aliphatic imine (C=N–C) groups is 1. The summed E-state index contributed by atoms with van der Waals surface area (Å²) >= 11 is 1.66. The van der Waals surface area contributed by atoms with Gasteiger partial charge >= 0.3 is 0 Å². The van der Waals surface area contributed by atoms with E-state index in [0.717, 1.165) is 17.4 Å². The maximum absolute atomic E-state index is 4.27. The van der Waals surface area contributed by atoms with Gasteiger partial charge < -0.3 is 4.90 Å². The van der Waals surface area contributed by atoms with E-state index in [-0.39, 0.29) is 0 Å². The maximum Gasteiger partial charge on any atom is 0.158 e. The number of nitrogens with zero attached hydrogens (tertiary/aromatic N) is 3. The molecule has 0 aliphatic carbocycles. The lowest BCUT2D eigenvalue weighted by molar-refractivity contribution is 0.509. The van der Waals surface area contributed by atoms with Gasteiger partial charge in [0, 0.05) is 32.5 Å². The van der Waals surface area contributed by atoms with E-state index in [1.54, 1.807) is 11.8 Å². The maximum atomic E-state index is 4.27. The third kappa shape index (κ3) is 3.55. The predicted molar refractivity (Wildman–Crippen MR) is 67.3 cm³/mol. The normalized spacial score (nSPS) is 11.6. The molecule has 1 aromatic rings. The molecule has 1 aromatic heterocycles. The second-order valence-electron chi connectivity index (χ2n) is 3.37. The van der Waals surface area contributed by atoms with E-state index in [2.05, 4.69) is 20.9 Å². The van der Waals surface area contributed by atoms with Crippen molar-refractivity contribution in [1.29, 1.82) is 0 Å². The van der Waals surface area contributed by atoms with Crippen molar-refractivity contribution < 1.29 is 0 Å². The first-order valence-corrected chi connectivity index (χ1v) is 6.03. The number of rotatable bonds is 2. The van der Waals surface area contributed by atoms with E-state index < -0.39 is 0 Å². The van der Waals surface area contributed by atoms with Crippen molar-refractivity contribution in [3.05, 3.63) is 29.6 Å². The van der Waals surface area contributed by atoms with E-state index in [1.807, 2.05) is 39.5 Å². The Morgan fingerprint density at radius 1 is 1.53 bits per heavy atom. The van der Waals surface area contributed by atoms with Crippen LogP contribution in [0.3, 0.4) is 0 Å². The molecule has 0 atom stereocenters. The molecule has 1 rings (SSSR count). The lowest BCUT2D eigenvalue weighted by atomic mass is 10.2. The Hall–Kier alpha value is -1.03. The Labute approximate surface area is 95.6 Å². The van der Waals surface area contributed by atoms with Gasteiger partial charge in [-0.15, -0.1) is 0 Å². The van der Waals surface area contributed by atoms with Crippen molar-refractivity contribution in [2.24, 2.45) is 4.99 Å². The van der Waals surface area contributed by atoms with Gasteiger partial charge in [0.15, 0.2) is 5.17 Å². The zero-order valence-corrected chi connectivity index (χ0v) is 10.5. The first-order chi connectivity index (χ1) is 7.17. The number of thioether (sulfide) groups is 1. The summed E-state index contributed by atoms with van der Waals surface area (Å²) < 4.78 is 0. The average molecular weight is 223 g/mol. The highest BCUT2D eigenvalue weighted by atomic mass is 32.2. The quantitative estimate of drug-likeness (QED) is 0.568. The lowest BCUT2D eigenvalue weighted by Crippen LogP contribution is -2.23. The molecule has 4 heteroatoms. The zero-order valence-electron chi connectivity index (χ0n) is 9.69. The standard InChI is InChI=1S/C11H17N3S/c1-9-5-6-10(7-13-9)8-14(3)11(12-2)15-4/h5-7H,8H2,1-4H3. The van der Waals surface area contributed by atoms with E-state index >= 15 is 0 Å². The Kier molecular flexibility index (Phi) is 4.62. The van der Waals surface area contributed by atoms with Crippen molar-refractivity contribution in [3.63, 3.8) is 0 Å². The average Bonchev–Trinajstić information content (AvgIpc) is 2.23. The van der Waals surface area contributed by atoms with Crippen molar-refractivity contribution in [3.8, 4) is 0 Å². The molecule has 0 N–H and O–H groups in total. The van der Waals surface area contributed by atoms with Crippen LogP contribution in [0.15, 0.2) is 23.3 Å². The van der Waals surface area contributed by atoms with Gasteiger partial charge in [-0.05, 0) is 24.8 Å². The summed E-state index contributed by atoms with van der Waals surface area (Å²) in [5.41, 5.74) is 2.26. The molecule has 0 saturated heterocycles. The molecule has 0 aliphatic rings. The molecule has 0 spiro atoms. The molecule has 0 radical (unpaired) electrons. The van der Waals surface area contributed by atoms with E-state index in [1.165, 1.54) is 5.56 Å². The van der Waals surface area contributed by atoms with Crippen LogP contribution in [0.2, 0.25) is 0 Å². The third-order valence-corrected chi connectivity index (χ3v) is 2.95. The molecular formula is C11H17N3S. The van der Waals surface area contributed by atoms with E-state index in [4.69, 9.17) is 0 Å². The summed E-state index contributed by atoms with van der Waals surface area (Å²) in [6.45, 7) is 2.84. The van der Waals surface area contributed by atoms with Crippen LogP contribution >= 0.6 is 11.8 Å². The summed E-state index contributed by atoms with van der Waals surface area (Å²) in [4.78, 5) is 10.6. The topological polar surface area (TPSA) is 28.5 Å². The van der Waals surface area contributed by atoms with Crippen molar-refractivity contribution >= 4 is 16.9 Å². The summed E-state index contributed by atoms with van der Waals surface area (Å²) in [7, 11) is 3.86. The molecule has 1 heterocycles. The Morgan fingerprint density at radius 3 is 2.73 bits per heavy atom. The first kappa shape index (κ1) is 12.0. The molecule has 0 aromatic carbocycles. The van der Waals surface area contributed by atoms with Gasteiger partial charge in [-0.25, -0.2) is 0 Å². The van der Waals surface area contributed by atoms with Gasteiger partial charge in [-0.2, -0.15) is 0 Å². The second kappa shape index (κ2) is 5.75. The van der Waals surface area contributed by atoms with E-state index in [0.29, 0.717) is 0 Å². The van der Waals surface area contributed by atoms with Crippen LogP contribution in [0.5, 0.6) is 0 Å². The van der Waals surface area contributed by atoms with Gasteiger partial charge in [0.1, 0.15) is 0 Å². The Balaban J connectivity index is 2.65. The summed E-state index contributed by atoms with van der Waals surface area (Å²) in [6.07, 6.45) is 3.95. The van der Waals surface area contributed by atoms with Gasteiger partial charge in [0.2, 0.25) is 0 Å². The van der Waals surface area contributed by atoms with Crippen LogP contribution in [0.1, 0.15) is 11.3 Å². The largest absolute Gasteiger partial charge is 0.350 e. The Morgan fingerprint density at radius 2 is 2.27 bits per heavy atom. The van der Waals surface area contributed by atoms with Crippen LogP contribution in [0.4, 0.5) is 0 Å². The van der Waals surface area contributed by atoms with Crippen molar-refractivity contribution in [1.82, 2.24) is 9.88 Å². The predicted octanol–water partition coefficient (Wildman–Crippen LogP) is 2.17. The highest BCUT2D eigenvalue weighted by molar-refractivity contribution is 8.13. The Bertz CT molecular complexity index is 332. The highest BCUT2D eigenvalue weighted by Gasteiger charge is 2.04. The molecular weight excluding hydrogens is 206 g/mol. The van der Waals surface area contributed by atoms with Crippen molar-refractivity contribution in [2.45, 2.75) is 13.5 Å². The molecule has 0 fully saturated rings. The highest BCUT2D eigenvalue weighted by Crippen LogP contribution is 2.08. The van der Waals surface area contributed by atoms with Crippen molar-refractivity contribution in [2.75, 3.05) is 20.4 Å². The molecule has 0 unspecified atom stereocenters. The number of amidine groups is 1. The third-order valence-electron chi connectivity index (χ3n) is 2.09. The second-order valence-corrected chi connectivity index (χ2v) is 4.15. The van der Waals surface area contributed by atoms with E-state index in [9.17, 15) is 0 Å². The summed E-state index contributed by atoms with van der Waals surface area (Å²) in [5.74, 6) is 0. The first-order valence-electron chi connectivity index (χ1n) is 4.80. The smallest absolute Gasteiger partial charge is 0.158 e. The molecule has 0 amide bonds. The fourth-order valence-corrected chi connectivity index (χ4v) is 1.91. The minimum atomic E-state index is 0.848. The monoisotopic (exact) mass is 223 g/mol. The van der Waals surface area contributed by atoms with Gasteiger partial charge in [-0.3, -0.25) is 9.98 Å². The molecule has 0 saturated carbocycles. The van der Waals surface area contributed by atoms with Gasteiger partial charge in [-0.1, -0.05) is 17.8 Å².